The third-order valence-electron chi connectivity index (χ3n) is 5.62. The Morgan fingerprint density at radius 1 is 0.947 bits per heavy atom. The molecule has 4 rings (SSSR count). The van der Waals surface area contributed by atoms with Crippen LogP contribution in [0.4, 0.5) is 5.69 Å². The molecule has 0 unspecified atom stereocenters. The molecule has 0 atom stereocenters. The van der Waals surface area contributed by atoms with E-state index in [9.17, 15) is 14.4 Å². The Morgan fingerprint density at radius 2 is 1.58 bits per heavy atom. The second kappa shape index (κ2) is 11.7. The summed E-state index contributed by atoms with van der Waals surface area (Å²) in [5.41, 5.74) is 2.45. The van der Waals surface area contributed by atoms with Gasteiger partial charge in [-0.15, -0.1) is 0 Å². The molecular formula is C28H24N2O7S. The van der Waals surface area contributed by atoms with Crippen molar-refractivity contribution < 1.29 is 34.1 Å². The quantitative estimate of drug-likeness (QED) is 0.356. The van der Waals surface area contributed by atoms with Crippen LogP contribution in [0.5, 0.6) is 11.5 Å². The standard InChI is InChI=1S/C28H24N2O7S/c1-3-30-25(31)24(38-28(30)29-21-11-9-20(10-12-21)27(34)35)15-18-6-13-22(23(14-18)36-2)37-16-17-4-7-19(8-5-17)26(32)33/h4-15H,3,16H2,1-2H3,(H,32,33)(H,34,35). The number of methoxy groups -OCH3 is 1. The minimum absolute atomic E-state index is 0.162. The molecule has 1 saturated heterocycles. The number of rotatable bonds is 9. The predicted octanol–water partition coefficient (Wildman–Crippen LogP) is 5.29. The van der Waals surface area contributed by atoms with Crippen molar-refractivity contribution in [2.45, 2.75) is 13.5 Å². The van der Waals surface area contributed by atoms with E-state index in [1.54, 1.807) is 47.4 Å². The number of nitrogens with zero attached hydrogens (tertiary/aromatic N) is 2. The van der Waals surface area contributed by atoms with Gasteiger partial charge in [-0.05, 0) is 84.4 Å². The third kappa shape index (κ3) is 6.04. The first-order valence-corrected chi connectivity index (χ1v) is 12.4. The molecular weight excluding hydrogens is 508 g/mol. The summed E-state index contributed by atoms with van der Waals surface area (Å²) in [5, 5.41) is 18.6. The van der Waals surface area contributed by atoms with Gasteiger partial charge in [0.15, 0.2) is 16.7 Å². The zero-order valence-corrected chi connectivity index (χ0v) is 21.4. The Labute approximate surface area is 223 Å². The molecule has 2 N–H and O–H groups in total. The fourth-order valence-electron chi connectivity index (χ4n) is 3.61. The average molecular weight is 533 g/mol. The van der Waals surface area contributed by atoms with Gasteiger partial charge in [0.2, 0.25) is 0 Å². The molecule has 1 heterocycles. The summed E-state index contributed by atoms with van der Waals surface area (Å²) in [6.45, 7) is 2.51. The van der Waals surface area contributed by atoms with Crippen LogP contribution in [0.3, 0.4) is 0 Å². The predicted molar refractivity (Wildman–Crippen MR) is 144 cm³/mol. The van der Waals surface area contributed by atoms with Crippen LogP contribution in [-0.2, 0) is 11.4 Å². The molecule has 1 aliphatic heterocycles. The van der Waals surface area contributed by atoms with Gasteiger partial charge < -0.3 is 19.7 Å². The van der Waals surface area contributed by atoms with Crippen molar-refractivity contribution >= 4 is 46.5 Å². The van der Waals surface area contributed by atoms with Crippen molar-refractivity contribution in [3.63, 3.8) is 0 Å². The number of benzene rings is 3. The molecule has 9 nitrogen and oxygen atoms in total. The van der Waals surface area contributed by atoms with E-state index in [2.05, 4.69) is 4.99 Å². The van der Waals surface area contributed by atoms with E-state index in [-0.39, 0.29) is 23.6 Å². The largest absolute Gasteiger partial charge is 0.493 e. The fourth-order valence-corrected chi connectivity index (χ4v) is 4.67. The van der Waals surface area contributed by atoms with Crippen molar-refractivity contribution in [1.82, 2.24) is 4.90 Å². The summed E-state index contributed by atoms with van der Waals surface area (Å²) in [5.74, 6) is -1.20. The summed E-state index contributed by atoms with van der Waals surface area (Å²) in [7, 11) is 1.52. The Hall–Kier alpha value is -4.57. The van der Waals surface area contributed by atoms with Gasteiger partial charge in [-0.2, -0.15) is 0 Å². The van der Waals surface area contributed by atoms with Crippen molar-refractivity contribution in [1.29, 1.82) is 0 Å². The number of carbonyl (C=O) groups excluding carboxylic acids is 1. The van der Waals surface area contributed by atoms with Crippen LogP contribution < -0.4 is 9.47 Å². The Bertz CT molecular complexity index is 1430. The fraction of sp³-hybridized carbons (Fsp3) is 0.143. The summed E-state index contributed by atoms with van der Waals surface area (Å²) in [6, 6.07) is 17.9. The third-order valence-corrected chi connectivity index (χ3v) is 6.63. The van der Waals surface area contributed by atoms with E-state index in [1.807, 2.05) is 13.0 Å². The maximum absolute atomic E-state index is 13.0. The van der Waals surface area contributed by atoms with Crippen molar-refractivity contribution in [2.24, 2.45) is 4.99 Å². The van der Waals surface area contributed by atoms with Crippen LogP contribution in [-0.4, -0.2) is 51.8 Å². The second-order valence-electron chi connectivity index (χ2n) is 8.11. The number of carbonyl (C=O) groups is 3. The maximum Gasteiger partial charge on any atom is 0.335 e. The number of amidine groups is 1. The topological polar surface area (TPSA) is 126 Å². The second-order valence-corrected chi connectivity index (χ2v) is 9.12. The molecule has 3 aromatic carbocycles. The minimum Gasteiger partial charge on any atom is -0.493 e. The van der Waals surface area contributed by atoms with Crippen LogP contribution >= 0.6 is 11.8 Å². The number of aliphatic imine (C=N–C) groups is 1. The number of hydrogen-bond acceptors (Lipinski definition) is 7. The first-order valence-electron chi connectivity index (χ1n) is 11.6. The highest BCUT2D eigenvalue weighted by Gasteiger charge is 2.32. The zero-order chi connectivity index (χ0) is 27.2. The van der Waals surface area contributed by atoms with Gasteiger partial charge in [-0.25, -0.2) is 14.6 Å². The molecule has 0 radical (unpaired) electrons. The molecule has 1 amide bonds. The first kappa shape index (κ1) is 26.5. The van der Waals surface area contributed by atoms with Gasteiger partial charge in [0.1, 0.15) is 6.61 Å². The van der Waals surface area contributed by atoms with E-state index in [0.717, 1.165) is 11.1 Å². The van der Waals surface area contributed by atoms with E-state index in [1.165, 1.54) is 43.1 Å². The molecule has 194 valence electrons. The molecule has 1 aliphatic rings. The van der Waals surface area contributed by atoms with Crippen LogP contribution in [0.1, 0.15) is 38.8 Å². The van der Waals surface area contributed by atoms with Gasteiger partial charge in [0.05, 0.1) is 28.8 Å². The minimum atomic E-state index is -1.02. The molecule has 3 aromatic rings. The highest BCUT2D eigenvalue weighted by atomic mass is 32.2. The highest BCUT2D eigenvalue weighted by molar-refractivity contribution is 8.18. The summed E-state index contributed by atoms with van der Waals surface area (Å²) < 4.78 is 11.4. The van der Waals surface area contributed by atoms with E-state index in [4.69, 9.17) is 19.7 Å². The highest BCUT2D eigenvalue weighted by Crippen LogP contribution is 2.36. The van der Waals surface area contributed by atoms with Crippen LogP contribution in [0, 0.1) is 0 Å². The molecule has 0 spiro atoms. The zero-order valence-electron chi connectivity index (χ0n) is 20.6. The van der Waals surface area contributed by atoms with Crippen LogP contribution in [0.2, 0.25) is 0 Å². The molecule has 10 heteroatoms. The number of likely N-dealkylation sites (N-methyl/N-ethyl adjacent to an activating group) is 1. The lowest BCUT2D eigenvalue weighted by Gasteiger charge is -2.12. The Balaban J connectivity index is 1.51. The lowest BCUT2D eigenvalue weighted by Crippen LogP contribution is -2.28. The Kier molecular flexibility index (Phi) is 8.12. The maximum atomic E-state index is 13.0. The summed E-state index contributed by atoms with van der Waals surface area (Å²) in [6.07, 6.45) is 1.75. The van der Waals surface area contributed by atoms with Gasteiger partial charge in [0, 0.05) is 6.54 Å². The number of thioether (sulfide) groups is 1. The summed E-state index contributed by atoms with van der Waals surface area (Å²) in [4.78, 5) is 41.7. The monoisotopic (exact) mass is 532 g/mol. The van der Waals surface area contributed by atoms with Crippen molar-refractivity contribution in [3.05, 3.63) is 93.9 Å². The summed E-state index contributed by atoms with van der Waals surface area (Å²) >= 11 is 1.24. The average Bonchev–Trinajstić information content (AvgIpc) is 3.21. The molecule has 0 aromatic heterocycles. The van der Waals surface area contributed by atoms with Gasteiger partial charge in [-0.3, -0.25) is 9.69 Å². The number of aromatic carboxylic acids is 2. The molecule has 38 heavy (non-hydrogen) atoms. The van der Waals surface area contributed by atoms with E-state index in [0.29, 0.717) is 33.8 Å². The van der Waals surface area contributed by atoms with Crippen molar-refractivity contribution in [2.75, 3.05) is 13.7 Å². The lowest BCUT2D eigenvalue weighted by atomic mass is 10.1. The molecule has 0 bridgehead atoms. The molecule has 0 saturated carbocycles. The smallest absolute Gasteiger partial charge is 0.335 e. The van der Waals surface area contributed by atoms with Gasteiger partial charge in [-0.1, -0.05) is 18.2 Å². The molecule has 1 fully saturated rings. The number of hydrogen-bond donors (Lipinski definition) is 2. The SMILES string of the molecule is CCN1C(=O)C(=Cc2ccc(OCc3ccc(C(=O)O)cc3)c(OC)c2)SC1=Nc1ccc(C(=O)O)cc1. The lowest BCUT2D eigenvalue weighted by molar-refractivity contribution is -0.122. The number of carboxylic acids is 2. The number of carboxylic acid groups (broad SMARTS) is 2. The Morgan fingerprint density at radius 3 is 2.16 bits per heavy atom. The number of amides is 1. The van der Waals surface area contributed by atoms with Crippen LogP contribution in [0.25, 0.3) is 6.08 Å². The van der Waals surface area contributed by atoms with Gasteiger partial charge in [0.25, 0.3) is 5.91 Å². The normalized spacial score (nSPS) is 15.2. The first-order chi connectivity index (χ1) is 18.3. The van der Waals surface area contributed by atoms with Crippen molar-refractivity contribution in [3.8, 4) is 11.5 Å². The van der Waals surface area contributed by atoms with E-state index >= 15 is 0 Å². The molecule has 0 aliphatic carbocycles. The number of ether oxygens (including phenoxy) is 2. The van der Waals surface area contributed by atoms with Gasteiger partial charge >= 0.3 is 11.9 Å². The van der Waals surface area contributed by atoms with E-state index < -0.39 is 11.9 Å². The van der Waals surface area contributed by atoms with Crippen LogP contribution in [0.15, 0.2) is 76.6 Å².